The van der Waals surface area contributed by atoms with E-state index in [0.29, 0.717) is 31.3 Å². The average molecular weight is 291 g/mol. The number of carbonyl (C=O) groups is 2. The highest BCUT2D eigenvalue weighted by molar-refractivity contribution is 7.14. The molecule has 0 spiro atoms. The maximum atomic E-state index is 12.6. The molecular weight excluding hydrogens is 274 g/mol. The number of hydrogen-bond donors (Lipinski definition) is 0. The van der Waals surface area contributed by atoms with Crippen molar-refractivity contribution < 1.29 is 14.3 Å². The van der Waals surface area contributed by atoms with Gasteiger partial charge < -0.3 is 9.64 Å². The van der Waals surface area contributed by atoms with E-state index >= 15 is 0 Å². The lowest BCUT2D eigenvalue weighted by Gasteiger charge is -2.15. The van der Waals surface area contributed by atoms with E-state index < -0.39 is 0 Å². The largest absolute Gasteiger partial charge is 0.376 e. The molecule has 1 aliphatic carbocycles. The number of amides is 1. The molecule has 3 heterocycles. The zero-order valence-electron chi connectivity index (χ0n) is 11.3. The highest BCUT2D eigenvalue weighted by Gasteiger charge is 2.43. The van der Waals surface area contributed by atoms with Crippen molar-refractivity contribution in [2.24, 2.45) is 11.8 Å². The molecule has 20 heavy (non-hydrogen) atoms. The number of ether oxygens (including phenoxy) is 1. The Hall–Kier alpha value is -1.20. The quantitative estimate of drug-likeness (QED) is 0.793. The molecule has 1 aromatic heterocycles. The first kappa shape index (κ1) is 12.5. The van der Waals surface area contributed by atoms with Gasteiger partial charge in [-0.15, -0.1) is 11.3 Å². The van der Waals surface area contributed by atoms with Gasteiger partial charge in [-0.05, 0) is 24.0 Å². The van der Waals surface area contributed by atoms with Crippen LogP contribution < -0.4 is 0 Å². The predicted molar refractivity (Wildman–Crippen MR) is 74.8 cm³/mol. The Kier molecular flexibility index (Phi) is 2.93. The first-order chi connectivity index (χ1) is 9.72. The third-order valence-corrected chi connectivity index (χ3v) is 5.97. The van der Waals surface area contributed by atoms with Crippen molar-refractivity contribution in [2.45, 2.75) is 25.9 Å². The number of hydrogen-bond acceptors (Lipinski definition) is 4. The fraction of sp³-hybridized carbons (Fsp3) is 0.600. The van der Waals surface area contributed by atoms with Crippen LogP contribution in [-0.4, -0.2) is 36.3 Å². The van der Waals surface area contributed by atoms with Crippen molar-refractivity contribution in [3.8, 4) is 0 Å². The van der Waals surface area contributed by atoms with Crippen molar-refractivity contribution in [3.05, 3.63) is 21.4 Å². The zero-order chi connectivity index (χ0) is 13.7. The minimum Gasteiger partial charge on any atom is -0.376 e. The Morgan fingerprint density at radius 1 is 1.35 bits per heavy atom. The number of fused-ring (bicyclic) bond motifs is 2. The molecule has 1 saturated heterocycles. The summed E-state index contributed by atoms with van der Waals surface area (Å²) in [5.74, 6) is 0.969. The number of Topliss-reactive ketones (excluding diaryl/α,β-unsaturated/α-hetero) is 1. The van der Waals surface area contributed by atoms with E-state index in [1.165, 1.54) is 10.4 Å². The lowest BCUT2D eigenvalue weighted by Crippen LogP contribution is -2.29. The summed E-state index contributed by atoms with van der Waals surface area (Å²) in [5.41, 5.74) is 1.17. The third kappa shape index (κ3) is 1.91. The Morgan fingerprint density at radius 3 is 3.05 bits per heavy atom. The van der Waals surface area contributed by atoms with Crippen molar-refractivity contribution in [1.29, 1.82) is 0 Å². The Balaban J connectivity index is 1.53. The standard InChI is InChI=1S/C15H17NO3S/c17-12-2-1-9-6-16(7-11(9)12)15(18)14-5-10-8-19-4-3-13(10)20-14/h5,9,11H,1-4,6-8H2/t9-,11?/m0/s1. The summed E-state index contributed by atoms with van der Waals surface area (Å²) in [4.78, 5) is 28.3. The van der Waals surface area contributed by atoms with Gasteiger partial charge in [0.05, 0.1) is 18.1 Å². The van der Waals surface area contributed by atoms with E-state index in [1.807, 2.05) is 11.0 Å². The number of ketones is 1. The molecule has 106 valence electrons. The monoisotopic (exact) mass is 291 g/mol. The second-order valence-corrected chi connectivity index (χ2v) is 7.08. The molecule has 2 atom stereocenters. The van der Waals surface area contributed by atoms with Crippen molar-refractivity contribution >= 4 is 23.0 Å². The Bertz CT molecular complexity index is 556. The van der Waals surface area contributed by atoms with Gasteiger partial charge in [-0.3, -0.25) is 9.59 Å². The number of rotatable bonds is 1. The summed E-state index contributed by atoms with van der Waals surface area (Å²) in [6.07, 6.45) is 2.58. The van der Waals surface area contributed by atoms with Gasteiger partial charge in [0.1, 0.15) is 5.78 Å². The lowest BCUT2D eigenvalue weighted by atomic mass is 10.0. The Morgan fingerprint density at radius 2 is 2.25 bits per heavy atom. The molecule has 1 saturated carbocycles. The summed E-state index contributed by atoms with van der Waals surface area (Å²) < 4.78 is 5.43. The molecule has 4 nitrogen and oxygen atoms in total. The molecule has 4 rings (SSSR count). The van der Waals surface area contributed by atoms with Crippen molar-refractivity contribution in [2.75, 3.05) is 19.7 Å². The van der Waals surface area contributed by atoms with Gasteiger partial charge in [0.15, 0.2) is 0 Å². The van der Waals surface area contributed by atoms with Crippen LogP contribution >= 0.6 is 11.3 Å². The number of thiophene rings is 1. The smallest absolute Gasteiger partial charge is 0.263 e. The highest BCUT2D eigenvalue weighted by Crippen LogP contribution is 2.37. The van der Waals surface area contributed by atoms with Gasteiger partial charge in [0, 0.05) is 36.7 Å². The average Bonchev–Trinajstić information content (AvgIpc) is 3.13. The van der Waals surface area contributed by atoms with E-state index in [9.17, 15) is 9.59 Å². The van der Waals surface area contributed by atoms with Gasteiger partial charge in [0.25, 0.3) is 5.91 Å². The predicted octanol–water partition coefficient (Wildman–Crippen LogP) is 1.87. The van der Waals surface area contributed by atoms with Crippen LogP contribution in [0.25, 0.3) is 0 Å². The Labute approximate surface area is 121 Å². The van der Waals surface area contributed by atoms with Gasteiger partial charge >= 0.3 is 0 Å². The molecule has 1 aromatic rings. The van der Waals surface area contributed by atoms with Crippen LogP contribution in [-0.2, 0) is 22.6 Å². The first-order valence-corrected chi connectivity index (χ1v) is 8.05. The molecule has 5 heteroatoms. The fourth-order valence-corrected chi connectivity index (χ4v) is 4.73. The van der Waals surface area contributed by atoms with Gasteiger partial charge in [-0.1, -0.05) is 0 Å². The summed E-state index contributed by atoms with van der Waals surface area (Å²) in [7, 11) is 0. The normalized spacial score (nSPS) is 28.6. The number of likely N-dealkylation sites (tertiary alicyclic amines) is 1. The van der Waals surface area contributed by atoms with Crippen LogP contribution in [0.3, 0.4) is 0 Å². The SMILES string of the molecule is O=C1CC[C@H]2CN(C(=O)c3cc4c(s3)CCOC4)CC12. The molecular formula is C15H17NO3S. The summed E-state index contributed by atoms with van der Waals surface area (Å²) in [6, 6.07) is 1.98. The van der Waals surface area contributed by atoms with E-state index in [-0.39, 0.29) is 11.8 Å². The molecule has 1 unspecified atom stereocenters. The van der Waals surface area contributed by atoms with Crippen LogP contribution in [0.5, 0.6) is 0 Å². The number of nitrogens with zero attached hydrogens (tertiary/aromatic N) is 1. The number of carbonyl (C=O) groups excluding carboxylic acids is 2. The minimum absolute atomic E-state index is 0.103. The topological polar surface area (TPSA) is 46.6 Å². The van der Waals surface area contributed by atoms with E-state index in [1.54, 1.807) is 11.3 Å². The first-order valence-electron chi connectivity index (χ1n) is 7.23. The van der Waals surface area contributed by atoms with Crippen LogP contribution in [0.1, 0.15) is 33.0 Å². The molecule has 0 N–H and O–H groups in total. The molecule has 2 aliphatic heterocycles. The van der Waals surface area contributed by atoms with Gasteiger partial charge in [-0.25, -0.2) is 0 Å². The second-order valence-electron chi connectivity index (χ2n) is 5.94. The second kappa shape index (κ2) is 4.67. The maximum absolute atomic E-state index is 12.6. The van der Waals surface area contributed by atoms with Gasteiger partial charge in [0.2, 0.25) is 0 Å². The maximum Gasteiger partial charge on any atom is 0.263 e. The minimum atomic E-state index is 0.103. The molecule has 0 bridgehead atoms. The van der Waals surface area contributed by atoms with Crippen LogP contribution in [0, 0.1) is 11.8 Å². The van der Waals surface area contributed by atoms with Crippen LogP contribution in [0.4, 0.5) is 0 Å². The van der Waals surface area contributed by atoms with Crippen molar-refractivity contribution in [3.63, 3.8) is 0 Å². The molecule has 3 aliphatic rings. The summed E-state index contributed by atoms with van der Waals surface area (Å²) in [6.45, 7) is 2.77. The summed E-state index contributed by atoms with van der Waals surface area (Å²) >= 11 is 1.60. The molecule has 1 amide bonds. The van der Waals surface area contributed by atoms with E-state index in [2.05, 4.69) is 0 Å². The van der Waals surface area contributed by atoms with E-state index in [4.69, 9.17) is 4.74 Å². The van der Waals surface area contributed by atoms with E-state index in [0.717, 1.165) is 30.9 Å². The highest BCUT2D eigenvalue weighted by atomic mass is 32.1. The zero-order valence-corrected chi connectivity index (χ0v) is 12.1. The molecule has 0 radical (unpaired) electrons. The lowest BCUT2D eigenvalue weighted by molar-refractivity contribution is -0.120. The van der Waals surface area contributed by atoms with Crippen molar-refractivity contribution in [1.82, 2.24) is 4.90 Å². The fourth-order valence-electron chi connectivity index (χ4n) is 3.62. The third-order valence-electron chi connectivity index (χ3n) is 4.74. The molecule has 2 fully saturated rings. The summed E-state index contributed by atoms with van der Waals surface area (Å²) in [5, 5.41) is 0. The van der Waals surface area contributed by atoms with Crippen LogP contribution in [0.15, 0.2) is 6.07 Å². The molecule has 0 aromatic carbocycles. The van der Waals surface area contributed by atoms with Gasteiger partial charge in [-0.2, -0.15) is 0 Å². The van der Waals surface area contributed by atoms with Crippen LogP contribution in [0.2, 0.25) is 0 Å².